The molecule has 2 unspecified atom stereocenters. The lowest BCUT2D eigenvalue weighted by molar-refractivity contribution is 0.0297. The van der Waals surface area contributed by atoms with E-state index in [2.05, 4.69) is 5.32 Å². The molecule has 118 valence electrons. The van der Waals surface area contributed by atoms with Crippen LogP contribution in [0.2, 0.25) is 0 Å². The Morgan fingerprint density at radius 2 is 2.10 bits per heavy atom. The Bertz CT molecular complexity index is 302. The number of hydrogen-bond acceptors (Lipinski definition) is 4. The van der Waals surface area contributed by atoms with Crippen molar-refractivity contribution in [2.75, 3.05) is 20.1 Å². The van der Waals surface area contributed by atoms with Crippen molar-refractivity contribution < 1.29 is 9.53 Å². The van der Waals surface area contributed by atoms with Crippen molar-refractivity contribution in [2.45, 2.75) is 70.6 Å². The second kappa shape index (κ2) is 7.84. The number of carbonyl (C=O) groups is 1. The monoisotopic (exact) mass is 285 g/mol. The smallest absolute Gasteiger partial charge is 0.410 e. The Hall–Kier alpha value is -0.810. The van der Waals surface area contributed by atoms with Crippen LogP contribution < -0.4 is 11.1 Å². The molecule has 0 heterocycles. The van der Waals surface area contributed by atoms with E-state index in [1.54, 1.807) is 11.9 Å². The van der Waals surface area contributed by atoms with Gasteiger partial charge in [-0.15, -0.1) is 0 Å². The minimum Gasteiger partial charge on any atom is -0.444 e. The van der Waals surface area contributed by atoms with E-state index in [-0.39, 0.29) is 6.09 Å². The van der Waals surface area contributed by atoms with Gasteiger partial charge in [0, 0.05) is 25.7 Å². The first-order valence-corrected chi connectivity index (χ1v) is 7.71. The molecule has 0 spiro atoms. The van der Waals surface area contributed by atoms with Crippen molar-refractivity contribution in [3.8, 4) is 0 Å². The molecule has 1 rings (SSSR count). The maximum atomic E-state index is 11.8. The summed E-state index contributed by atoms with van der Waals surface area (Å²) >= 11 is 0. The topological polar surface area (TPSA) is 67.6 Å². The molecule has 0 saturated heterocycles. The van der Waals surface area contributed by atoms with E-state index in [0.29, 0.717) is 18.6 Å². The molecule has 0 aliphatic heterocycles. The highest BCUT2D eigenvalue weighted by Crippen LogP contribution is 2.16. The van der Waals surface area contributed by atoms with Gasteiger partial charge in [-0.2, -0.15) is 0 Å². The van der Waals surface area contributed by atoms with Crippen LogP contribution >= 0.6 is 0 Å². The van der Waals surface area contributed by atoms with Gasteiger partial charge in [-0.3, -0.25) is 0 Å². The zero-order chi connectivity index (χ0) is 15.2. The second-order valence-electron chi connectivity index (χ2n) is 6.83. The predicted molar refractivity (Wildman–Crippen MR) is 81.7 cm³/mol. The van der Waals surface area contributed by atoms with Crippen LogP contribution in [-0.4, -0.2) is 48.8 Å². The first-order chi connectivity index (χ1) is 9.28. The van der Waals surface area contributed by atoms with Crippen LogP contribution in [0.25, 0.3) is 0 Å². The average Bonchev–Trinajstić information content (AvgIpc) is 2.32. The molecule has 0 aromatic rings. The maximum Gasteiger partial charge on any atom is 0.410 e. The quantitative estimate of drug-likeness (QED) is 0.759. The summed E-state index contributed by atoms with van der Waals surface area (Å²) in [5.41, 5.74) is 5.54. The standard InChI is InChI=1S/C15H31N3O2/c1-15(2,3)20-14(19)18(4)10-6-9-17-13-8-5-7-12(16)11-13/h12-13,17H,5-11,16H2,1-4H3. The Balaban J connectivity index is 2.12. The van der Waals surface area contributed by atoms with Gasteiger partial charge in [-0.25, -0.2) is 4.79 Å². The number of ether oxygens (including phenoxy) is 1. The largest absolute Gasteiger partial charge is 0.444 e. The van der Waals surface area contributed by atoms with Crippen molar-refractivity contribution in [1.29, 1.82) is 0 Å². The van der Waals surface area contributed by atoms with Gasteiger partial charge < -0.3 is 20.7 Å². The Labute approximate surface area is 123 Å². The van der Waals surface area contributed by atoms with Crippen LogP contribution in [0.1, 0.15) is 52.9 Å². The van der Waals surface area contributed by atoms with Gasteiger partial charge in [0.15, 0.2) is 0 Å². The van der Waals surface area contributed by atoms with Gasteiger partial charge in [-0.1, -0.05) is 6.42 Å². The second-order valence-corrected chi connectivity index (χ2v) is 6.83. The summed E-state index contributed by atoms with van der Waals surface area (Å²) in [4.78, 5) is 13.4. The van der Waals surface area contributed by atoms with Crippen LogP contribution in [0.5, 0.6) is 0 Å². The highest BCUT2D eigenvalue weighted by Gasteiger charge is 2.20. The Kier molecular flexibility index (Phi) is 6.76. The van der Waals surface area contributed by atoms with Crippen LogP contribution in [0.15, 0.2) is 0 Å². The van der Waals surface area contributed by atoms with E-state index in [0.717, 1.165) is 25.8 Å². The van der Waals surface area contributed by atoms with E-state index in [9.17, 15) is 4.79 Å². The third-order valence-electron chi connectivity index (χ3n) is 3.52. The fourth-order valence-corrected chi connectivity index (χ4v) is 2.47. The molecule has 0 bridgehead atoms. The number of nitrogens with zero attached hydrogens (tertiary/aromatic N) is 1. The number of carbonyl (C=O) groups excluding carboxylic acids is 1. The molecule has 5 heteroatoms. The van der Waals surface area contributed by atoms with E-state index >= 15 is 0 Å². The summed E-state index contributed by atoms with van der Waals surface area (Å²) in [7, 11) is 1.78. The SMILES string of the molecule is CN(CCCNC1CCCC(N)C1)C(=O)OC(C)(C)C. The predicted octanol–water partition coefficient (Wildman–Crippen LogP) is 2.10. The fraction of sp³-hybridized carbons (Fsp3) is 0.933. The molecule has 3 N–H and O–H groups in total. The highest BCUT2D eigenvalue weighted by molar-refractivity contribution is 5.67. The summed E-state index contributed by atoms with van der Waals surface area (Å²) in [6.07, 6.45) is 5.34. The van der Waals surface area contributed by atoms with Gasteiger partial charge in [0.25, 0.3) is 0 Å². The molecular weight excluding hydrogens is 254 g/mol. The van der Waals surface area contributed by atoms with E-state index in [1.165, 1.54) is 12.8 Å². The molecule has 1 aliphatic rings. The van der Waals surface area contributed by atoms with Crippen LogP contribution in [0.3, 0.4) is 0 Å². The lowest BCUT2D eigenvalue weighted by atomic mass is 9.91. The normalized spacial score (nSPS) is 23.4. The van der Waals surface area contributed by atoms with Gasteiger partial charge in [-0.05, 0) is 53.0 Å². The van der Waals surface area contributed by atoms with Crippen molar-refractivity contribution in [3.05, 3.63) is 0 Å². The van der Waals surface area contributed by atoms with Gasteiger partial charge in [0.1, 0.15) is 5.60 Å². The number of hydrogen-bond donors (Lipinski definition) is 2. The minimum absolute atomic E-state index is 0.253. The fourth-order valence-electron chi connectivity index (χ4n) is 2.47. The highest BCUT2D eigenvalue weighted by atomic mass is 16.6. The maximum absolute atomic E-state index is 11.8. The van der Waals surface area contributed by atoms with Crippen molar-refractivity contribution in [3.63, 3.8) is 0 Å². The van der Waals surface area contributed by atoms with Crippen LogP contribution in [0.4, 0.5) is 4.79 Å². The summed E-state index contributed by atoms with van der Waals surface area (Å²) in [5, 5.41) is 3.54. The average molecular weight is 285 g/mol. The Morgan fingerprint density at radius 3 is 2.70 bits per heavy atom. The first-order valence-electron chi connectivity index (χ1n) is 7.71. The molecule has 0 radical (unpaired) electrons. The van der Waals surface area contributed by atoms with Crippen LogP contribution in [0, 0.1) is 0 Å². The van der Waals surface area contributed by atoms with Crippen molar-refractivity contribution in [1.82, 2.24) is 10.2 Å². The number of nitrogens with two attached hydrogens (primary N) is 1. The third kappa shape index (κ3) is 7.10. The number of rotatable bonds is 5. The number of amides is 1. The van der Waals surface area contributed by atoms with Gasteiger partial charge >= 0.3 is 6.09 Å². The lowest BCUT2D eigenvalue weighted by Crippen LogP contribution is -2.40. The molecule has 0 aromatic carbocycles. The van der Waals surface area contributed by atoms with Gasteiger partial charge in [0.05, 0.1) is 0 Å². The zero-order valence-electron chi connectivity index (χ0n) is 13.4. The first kappa shape index (κ1) is 17.2. The summed E-state index contributed by atoms with van der Waals surface area (Å²) < 4.78 is 5.31. The molecular formula is C15H31N3O2. The molecule has 5 nitrogen and oxygen atoms in total. The van der Waals surface area contributed by atoms with Crippen LogP contribution in [-0.2, 0) is 4.74 Å². The van der Waals surface area contributed by atoms with E-state index in [1.807, 2.05) is 20.8 Å². The van der Waals surface area contributed by atoms with E-state index < -0.39 is 5.60 Å². The Morgan fingerprint density at radius 1 is 1.40 bits per heavy atom. The lowest BCUT2D eigenvalue weighted by Gasteiger charge is -2.28. The van der Waals surface area contributed by atoms with E-state index in [4.69, 9.17) is 10.5 Å². The summed E-state index contributed by atoms with van der Waals surface area (Å²) in [6.45, 7) is 7.27. The minimum atomic E-state index is -0.429. The molecule has 0 aromatic heterocycles. The molecule has 1 fully saturated rings. The zero-order valence-corrected chi connectivity index (χ0v) is 13.4. The summed E-state index contributed by atoms with van der Waals surface area (Å²) in [6, 6.07) is 0.899. The summed E-state index contributed by atoms with van der Waals surface area (Å²) in [5.74, 6) is 0. The molecule has 1 amide bonds. The van der Waals surface area contributed by atoms with Gasteiger partial charge in [0.2, 0.25) is 0 Å². The van der Waals surface area contributed by atoms with Crippen molar-refractivity contribution in [2.24, 2.45) is 5.73 Å². The molecule has 1 aliphatic carbocycles. The van der Waals surface area contributed by atoms with Crippen molar-refractivity contribution >= 4 is 6.09 Å². The number of nitrogens with one attached hydrogen (secondary N) is 1. The molecule has 2 atom stereocenters. The third-order valence-corrected chi connectivity index (χ3v) is 3.52. The molecule has 20 heavy (non-hydrogen) atoms. The molecule has 1 saturated carbocycles.